The van der Waals surface area contributed by atoms with E-state index < -0.39 is 0 Å². The number of nitrogens with zero attached hydrogens (tertiary/aromatic N) is 2. The maximum Gasteiger partial charge on any atom is 0.191 e. The first-order valence-electron chi connectivity index (χ1n) is 8.78. The van der Waals surface area contributed by atoms with E-state index >= 15 is 0 Å². The van der Waals surface area contributed by atoms with E-state index in [4.69, 9.17) is 0 Å². The van der Waals surface area contributed by atoms with Crippen molar-refractivity contribution >= 4 is 16.9 Å². The molecule has 4 nitrogen and oxygen atoms in total. The largest absolute Gasteiger partial charge is 0.356 e. The van der Waals surface area contributed by atoms with E-state index in [9.17, 15) is 4.39 Å². The van der Waals surface area contributed by atoms with Crippen LogP contribution in [0.4, 0.5) is 4.39 Å². The van der Waals surface area contributed by atoms with Crippen molar-refractivity contribution in [1.82, 2.24) is 15.6 Å². The summed E-state index contributed by atoms with van der Waals surface area (Å²) in [7, 11) is 1.76. The van der Waals surface area contributed by atoms with Gasteiger partial charge < -0.3 is 10.6 Å². The minimum atomic E-state index is -0.183. The summed E-state index contributed by atoms with van der Waals surface area (Å²) < 4.78 is 13.2. The highest BCUT2D eigenvalue weighted by atomic mass is 19.1. The molecule has 134 valence electrons. The fourth-order valence-electron chi connectivity index (χ4n) is 2.90. The minimum absolute atomic E-state index is 0.183. The van der Waals surface area contributed by atoms with Crippen molar-refractivity contribution < 1.29 is 4.39 Å². The van der Waals surface area contributed by atoms with E-state index in [0.717, 1.165) is 41.8 Å². The number of hydrogen-bond acceptors (Lipinski definition) is 2. The average molecular weight is 350 g/mol. The Balaban J connectivity index is 1.49. The van der Waals surface area contributed by atoms with Crippen LogP contribution in [0.2, 0.25) is 0 Å². The Morgan fingerprint density at radius 2 is 1.96 bits per heavy atom. The maximum absolute atomic E-state index is 13.2. The first-order chi connectivity index (χ1) is 12.8. The first-order valence-corrected chi connectivity index (χ1v) is 8.78. The van der Waals surface area contributed by atoms with Crippen LogP contribution in [-0.2, 0) is 13.0 Å². The molecule has 0 saturated carbocycles. The Bertz CT molecular complexity index is 887. The normalized spacial score (nSPS) is 11.5. The van der Waals surface area contributed by atoms with Crippen molar-refractivity contribution in [3.05, 3.63) is 77.7 Å². The maximum atomic E-state index is 13.2. The fourth-order valence-corrected chi connectivity index (χ4v) is 2.90. The van der Waals surface area contributed by atoms with Gasteiger partial charge in [0.1, 0.15) is 5.82 Å². The molecule has 5 heteroatoms. The molecule has 0 aliphatic carbocycles. The van der Waals surface area contributed by atoms with Crippen LogP contribution in [0.25, 0.3) is 10.9 Å². The third-order valence-corrected chi connectivity index (χ3v) is 4.23. The van der Waals surface area contributed by atoms with Gasteiger partial charge in [0.05, 0.1) is 5.52 Å². The molecule has 0 fully saturated rings. The topological polar surface area (TPSA) is 49.3 Å². The number of aromatic nitrogens is 1. The molecular weight excluding hydrogens is 327 g/mol. The molecule has 0 radical (unpaired) electrons. The van der Waals surface area contributed by atoms with Crippen LogP contribution in [0.5, 0.6) is 0 Å². The summed E-state index contributed by atoms with van der Waals surface area (Å²) in [6.45, 7) is 1.44. The lowest BCUT2D eigenvalue weighted by molar-refractivity contribution is 0.624. The minimum Gasteiger partial charge on any atom is -0.356 e. The van der Waals surface area contributed by atoms with Crippen LogP contribution >= 0.6 is 0 Å². The summed E-state index contributed by atoms with van der Waals surface area (Å²) in [5.74, 6) is 0.572. The number of para-hydroxylation sites is 1. The third kappa shape index (κ3) is 4.79. The van der Waals surface area contributed by atoms with Crippen LogP contribution in [-0.4, -0.2) is 24.5 Å². The molecule has 2 N–H and O–H groups in total. The number of halogens is 1. The Labute approximate surface area is 153 Å². The molecule has 0 amide bonds. The Morgan fingerprint density at radius 1 is 1.08 bits per heavy atom. The van der Waals surface area contributed by atoms with Crippen molar-refractivity contribution in [3.63, 3.8) is 0 Å². The van der Waals surface area contributed by atoms with Gasteiger partial charge in [0.15, 0.2) is 5.96 Å². The summed E-state index contributed by atoms with van der Waals surface area (Å²) >= 11 is 0. The van der Waals surface area contributed by atoms with Crippen LogP contribution in [0.15, 0.2) is 65.8 Å². The van der Waals surface area contributed by atoms with Gasteiger partial charge in [0.25, 0.3) is 0 Å². The highest BCUT2D eigenvalue weighted by Gasteiger charge is 2.03. The molecule has 0 bridgehead atoms. The first kappa shape index (κ1) is 17.9. The number of aryl methyl sites for hydroxylation is 1. The van der Waals surface area contributed by atoms with E-state index in [2.05, 4.69) is 26.7 Å². The van der Waals surface area contributed by atoms with E-state index in [1.807, 2.05) is 36.5 Å². The van der Waals surface area contributed by atoms with Gasteiger partial charge in [-0.15, -0.1) is 0 Å². The monoisotopic (exact) mass is 350 g/mol. The number of rotatable bonds is 6. The molecule has 26 heavy (non-hydrogen) atoms. The van der Waals surface area contributed by atoms with Gasteiger partial charge in [0.2, 0.25) is 0 Å². The second kappa shape index (κ2) is 8.94. The van der Waals surface area contributed by atoms with E-state index in [1.54, 1.807) is 19.2 Å². The van der Waals surface area contributed by atoms with Crippen molar-refractivity contribution in [2.24, 2.45) is 4.99 Å². The highest BCUT2D eigenvalue weighted by Crippen LogP contribution is 2.15. The molecule has 2 aromatic carbocycles. The summed E-state index contributed by atoms with van der Waals surface area (Å²) in [6, 6.07) is 16.9. The smallest absolute Gasteiger partial charge is 0.191 e. The molecule has 1 aromatic heterocycles. The number of nitrogens with one attached hydrogen (secondary N) is 2. The van der Waals surface area contributed by atoms with E-state index in [0.29, 0.717) is 6.54 Å². The Morgan fingerprint density at radius 3 is 2.81 bits per heavy atom. The van der Waals surface area contributed by atoms with Crippen LogP contribution < -0.4 is 10.6 Å². The van der Waals surface area contributed by atoms with Gasteiger partial charge >= 0.3 is 0 Å². The summed E-state index contributed by atoms with van der Waals surface area (Å²) in [6.07, 6.45) is 3.56. The molecule has 0 atom stereocenters. The van der Waals surface area contributed by atoms with Gasteiger partial charge in [-0.25, -0.2) is 4.39 Å². The van der Waals surface area contributed by atoms with Crippen molar-refractivity contribution in [2.45, 2.75) is 19.4 Å². The van der Waals surface area contributed by atoms with Gasteiger partial charge in [-0.1, -0.05) is 30.3 Å². The quantitative estimate of drug-likeness (QED) is 0.405. The number of hydrogen-bond donors (Lipinski definition) is 2. The standard InChI is InChI=1S/C21H23FN4/c1-23-21(25-12-5-7-16-6-4-8-18(22)14-16)26-15-17-11-13-24-20-10-3-2-9-19(17)20/h2-4,6,8-11,13-14H,5,7,12,15H2,1H3,(H2,23,25,26). The van der Waals surface area contributed by atoms with E-state index in [1.165, 1.54) is 11.6 Å². The zero-order chi connectivity index (χ0) is 18.2. The molecule has 3 rings (SSSR count). The summed E-state index contributed by atoms with van der Waals surface area (Å²) in [4.78, 5) is 8.65. The Hall–Kier alpha value is -2.95. The summed E-state index contributed by atoms with van der Waals surface area (Å²) in [5.41, 5.74) is 3.18. The van der Waals surface area contributed by atoms with Crippen LogP contribution in [0.3, 0.4) is 0 Å². The number of fused-ring (bicyclic) bond motifs is 1. The molecule has 3 aromatic rings. The second-order valence-electron chi connectivity index (χ2n) is 6.07. The lowest BCUT2D eigenvalue weighted by atomic mass is 10.1. The van der Waals surface area contributed by atoms with Crippen molar-refractivity contribution in [3.8, 4) is 0 Å². The SMILES string of the molecule is CN=C(NCCCc1cccc(F)c1)NCc1ccnc2ccccc12. The molecule has 0 aliphatic heterocycles. The molecule has 0 aliphatic rings. The number of pyridine rings is 1. The average Bonchev–Trinajstić information content (AvgIpc) is 2.67. The van der Waals surface area contributed by atoms with Crippen molar-refractivity contribution in [2.75, 3.05) is 13.6 Å². The van der Waals surface area contributed by atoms with Gasteiger partial charge in [0, 0.05) is 31.7 Å². The van der Waals surface area contributed by atoms with E-state index in [-0.39, 0.29) is 5.82 Å². The molecule has 1 heterocycles. The molecule has 0 unspecified atom stereocenters. The van der Waals surface area contributed by atoms with Crippen molar-refractivity contribution in [1.29, 1.82) is 0 Å². The number of aliphatic imine (C=N–C) groups is 1. The lowest BCUT2D eigenvalue weighted by Gasteiger charge is -2.13. The predicted octanol–water partition coefficient (Wildman–Crippen LogP) is 3.67. The zero-order valence-electron chi connectivity index (χ0n) is 14.9. The molecule has 0 saturated heterocycles. The molecule has 0 spiro atoms. The van der Waals surface area contributed by atoms with Gasteiger partial charge in [-0.05, 0) is 48.2 Å². The molecular formula is C21H23FN4. The van der Waals surface area contributed by atoms with Crippen LogP contribution in [0.1, 0.15) is 17.5 Å². The highest BCUT2D eigenvalue weighted by molar-refractivity contribution is 5.83. The van der Waals surface area contributed by atoms with Crippen LogP contribution in [0, 0.1) is 5.82 Å². The lowest BCUT2D eigenvalue weighted by Crippen LogP contribution is -2.37. The summed E-state index contributed by atoms with van der Waals surface area (Å²) in [5, 5.41) is 7.78. The number of benzene rings is 2. The zero-order valence-corrected chi connectivity index (χ0v) is 14.9. The third-order valence-electron chi connectivity index (χ3n) is 4.23. The predicted molar refractivity (Wildman–Crippen MR) is 105 cm³/mol. The van der Waals surface area contributed by atoms with Gasteiger partial charge in [-0.2, -0.15) is 0 Å². The Kier molecular flexibility index (Phi) is 6.14. The second-order valence-corrected chi connectivity index (χ2v) is 6.07. The van der Waals surface area contributed by atoms with Gasteiger partial charge in [-0.3, -0.25) is 9.98 Å². The number of guanidine groups is 1. The fraction of sp³-hybridized carbons (Fsp3) is 0.238.